The van der Waals surface area contributed by atoms with Gasteiger partial charge in [0.1, 0.15) is 0 Å². The molecule has 0 amide bonds. The highest BCUT2D eigenvalue weighted by atomic mass is 19.0. The highest BCUT2D eigenvalue weighted by molar-refractivity contribution is 4.54. The molecule has 0 aromatic rings. The summed E-state index contributed by atoms with van der Waals surface area (Å²) in [6.07, 6.45) is 7.19. The first-order chi connectivity index (χ1) is 5.83. The van der Waals surface area contributed by atoms with E-state index in [9.17, 15) is 0 Å². The van der Waals surface area contributed by atoms with Crippen LogP contribution in [0.5, 0.6) is 0 Å². The van der Waals surface area contributed by atoms with Crippen LogP contribution in [0.4, 0.5) is 0 Å². The summed E-state index contributed by atoms with van der Waals surface area (Å²) in [5.41, 5.74) is 0. The van der Waals surface area contributed by atoms with Crippen molar-refractivity contribution < 1.29 is 9.19 Å². The van der Waals surface area contributed by atoms with E-state index in [0.29, 0.717) is 0 Å². The molecule has 0 radical (unpaired) electrons. The molecule has 80 valence electrons. The van der Waals surface area contributed by atoms with Crippen LogP contribution in [0.25, 0.3) is 0 Å². The number of rotatable bonds is 5. The largest absolute Gasteiger partial charge is 1.00 e. The summed E-state index contributed by atoms with van der Waals surface area (Å²) in [5.74, 6) is 0. The van der Waals surface area contributed by atoms with Crippen molar-refractivity contribution in [3.8, 4) is 0 Å². The van der Waals surface area contributed by atoms with Gasteiger partial charge in [-0.2, -0.15) is 0 Å². The van der Waals surface area contributed by atoms with E-state index in [2.05, 4.69) is 13.8 Å². The molecule has 0 spiro atoms. The van der Waals surface area contributed by atoms with Gasteiger partial charge in [0.05, 0.1) is 26.2 Å². The molecule has 1 saturated heterocycles. The lowest BCUT2D eigenvalue weighted by Gasteiger charge is -2.33. The molecule has 0 N–H and O–H groups in total. The zero-order valence-corrected chi connectivity index (χ0v) is 9.19. The van der Waals surface area contributed by atoms with E-state index in [1.165, 1.54) is 62.8 Å². The van der Waals surface area contributed by atoms with Crippen molar-refractivity contribution in [3.63, 3.8) is 0 Å². The van der Waals surface area contributed by atoms with Crippen LogP contribution in [-0.4, -0.2) is 30.7 Å². The van der Waals surface area contributed by atoms with E-state index in [1.807, 2.05) is 0 Å². The van der Waals surface area contributed by atoms with Crippen LogP contribution in [0.3, 0.4) is 0 Å². The third-order valence-electron chi connectivity index (χ3n) is 3.42. The normalized spacial score (nSPS) is 19.8. The van der Waals surface area contributed by atoms with Crippen LogP contribution in [0.2, 0.25) is 0 Å². The van der Waals surface area contributed by atoms with Crippen molar-refractivity contribution in [3.05, 3.63) is 0 Å². The zero-order valence-electron chi connectivity index (χ0n) is 9.19. The number of hydrogen-bond acceptors (Lipinski definition) is 0. The van der Waals surface area contributed by atoms with Crippen LogP contribution < -0.4 is 4.70 Å². The minimum absolute atomic E-state index is 0. The van der Waals surface area contributed by atoms with Gasteiger partial charge in [0.25, 0.3) is 0 Å². The third kappa shape index (κ3) is 3.63. The van der Waals surface area contributed by atoms with Crippen molar-refractivity contribution in [2.24, 2.45) is 0 Å². The molecule has 1 heterocycles. The standard InChI is InChI=1S/C11H24N.FH/c1-3-5-6-9-12(4-2)10-7-8-11-12;/h3-11H2,1-2H3;1H/q+1;/p-1. The first kappa shape index (κ1) is 12.9. The van der Waals surface area contributed by atoms with Crippen molar-refractivity contribution in [2.45, 2.75) is 46.0 Å². The van der Waals surface area contributed by atoms with Crippen LogP contribution in [0.1, 0.15) is 46.0 Å². The first-order valence-corrected chi connectivity index (χ1v) is 5.68. The Balaban J connectivity index is 0.00000144. The first-order valence-electron chi connectivity index (χ1n) is 5.68. The van der Waals surface area contributed by atoms with Gasteiger partial charge in [-0.15, -0.1) is 0 Å². The smallest absolute Gasteiger partial charge is 0.0788 e. The van der Waals surface area contributed by atoms with Gasteiger partial charge < -0.3 is 9.19 Å². The van der Waals surface area contributed by atoms with E-state index in [4.69, 9.17) is 0 Å². The van der Waals surface area contributed by atoms with Gasteiger partial charge in [-0.05, 0) is 19.8 Å². The Morgan fingerprint density at radius 1 is 1.00 bits per heavy atom. The maximum absolute atomic E-state index is 2.36. The molecule has 1 aliphatic heterocycles. The molecule has 1 aliphatic rings. The molecule has 1 fully saturated rings. The molecular weight excluding hydrogens is 165 g/mol. The predicted molar refractivity (Wildman–Crippen MR) is 54.2 cm³/mol. The van der Waals surface area contributed by atoms with Crippen LogP contribution in [0, 0.1) is 0 Å². The molecule has 0 bridgehead atoms. The molecule has 13 heavy (non-hydrogen) atoms. The Hall–Kier alpha value is -0.110. The van der Waals surface area contributed by atoms with E-state index >= 15 is 0 Å². The quantitative estimate of drug-likeness (QED) is 0.415. The summed E-state index contributed by atoms with van der Waals surface area (Å²) in [5, 5.41) is 0. The monoisotopic (exact) mass is 189 g/mol. The summed E-state index contributed by atoms with van der Waals surface area (Å²) in [4.78, 5) is 0. The lowest BCUT2D eigenvalue weighted by molar-refractivity contribution is -0.915. The summed E-state index contributed by atoms with van der Waals surface area (Å²) in [6.45, 7) is 10.4. The summed E-state index contributed by atoms with van der Waals surface area (Å²) >= 11 is 0. The minimum atomic E-state index is 0. The van der Waals surface area contributed by atoms with Crippen LogP contribution >= 0.6 is 0 Å². The van der Waals surface area contributed by atoms with Gasteiger partial charge in [-0.3, -0.25) is 0 Å². The lowest BCUT2D eigenvalue weighted by Crippen LogP contribution is -3.00. The predicted octanol–water partition coefficient (Wildman–Crippen LogP) is -0.189. The summed E-state index contributed by atoms with van der Waals surface area (Å²) in [7, 11) is 0. The van der Waals surface area contributed by atoms with Crippen molar-refractivity contribution in [1.82, 2.24) is 0 Å². The van der Waals surface area contributed by atoms with Gasteiger partial charge in [0.15, 0.2) is 0 Å². The maximum atomic E-state index is 2.36. The number of likely N-dealkylation sites (tertiary alicyclic amines) is 1. The Bertz CT molecular complexity index is 119. The number of nitrogens with zero attached hydrogens (tertiary/aromatic N) is 1. The van der Waals surface area contributed by atoms with Gasteiger partial charge in [0.2, 0.25) is 0 Å². The number of unbranched alkanes of at least 4 members (excludes halogenated alkanes) is 2. The fraction of sp³-hybridized carbons (Fsp3) is 1.00. The molecule has 0 atom stereocenters. The van der Waals surface area contributed by atoms with E-state index in [-0.39, 0.29) is 4.70 Å². The van der Waals surface area contributed by atoms with Crippen molar-refractivity contribution in [1.29, 1.82) is 0 Å². The fourth-order valence-corrected chi connectivity index (χ4v) is 2.40. The average molecular weight is 189 g/mol. The van der Waals surface area contributed by atoms with Crippen LogP contribution in [-0.2, 0) is 0 Å². The molecule has 2 heteroatoms. The SMILES string of the molecule is CCCCC[N+]1(CC)CCCC1.[F-]. The number of halogens is 1. The highest BCUT2D eigenvalue weighted by Gasteiger charge is 2.28. The highest BCUT2D eigenvalue weighted by Crippen LogP contribution is 2.20. The third-order valence-corrected chi connectivity index (χ3v) is 3.42. The Morgan fingerprint density at radius 2 is 1.62 bits per heavy atom. The Labute approximate surface area is 82.1 Å². The summed E-state index contributed by atoms with van der Waals surface area (Å²) < 4.78 is 1.43. The molecular formula is C11H24FN. The van der Waals surface area contributed by atoms with E-state index in [0.717, 1.165) is 0 Å². The molecule has 0 saturated carbocycles. The van der Waals surface area contributed by atoms with E-state index < -0.39 is 0 Å². The van der Waals surface area contributed by atoms with Crippen LogP contribution in [0.15, 0.2) is 0 Å². The van der Waals surface area contributed by atoms with Gasteiger partial charge in [-0.1, -0.05) is 13.3 Å². The molecule has 0 aromatic heterocycles. The summed E-state index contributed by atoms with van der Waals surface area (Å²) in [6, 6.07) is 0. The number of quaternary nitrogens is 1. The molecule has 1 rings (SSSR count). The fourth-order valence-electron chi connectivity index (χ4n) is 2.40. The van der Waals surface area contributed by atoms with Gasteiger partial charge in [0, 0.05) is 12.8 Å². The second-order valence-corrected chi connectivity index (χ2v) is 4.24. The zero-order chi connectivity index (χ0) is 8.86. The second-order valence-electron chi connectivity index (χ2n) is 4.24. The average Bonchev–Trinajstić information content (AvgIpc) is 2.55. The van der Waals surface area contributed by atoms with Gasteiger partial charge >= 0.3 is 0 Å². The Morgan fingerprint density at radius 3 is 2.08 bits per heavy atom. The molecule has 1 nitrogen and oxygen atoms in total. The van der Waals surface area contributed by atoms with E-state index in [1.54, 1.807) is 0 Å². The lowest BCUT2D eigenvalue weighted by atomic mass is 10.2. The molecule has 0 aliphatic carbocycles. The van der Waals surface area contributed by atoms with Crippen molar-refractivity contribution >= 4 is 0 Å². The Kier molecular flexibility index (Phi) is 6.31. The molecule has 0 aromatic carbocycles. The van der Waals surface area contributed by atoms with Crippen molar-refractivity contribution in [2.75, 3.05) is 26.2 Å². The molecule has 0 unspecified atom stereocenters. The number of hydrogen-bond donors (Lipinski definition) is 0. The minimum Gasteiger partial charge on any atom is -1.00 e. The maximum Gasteiger partial charge on any atom is 0.0788 e. The topological polar surface area (TPSA) is 0 Å². The second kappa shape index (κ2) is 6.36. The van der Waals surface area contributed by atoms with Gasteiger partial charge in [-0.25, -0.2) is 0 Å².